The first-order valence-electron chi connectivity index (χ1n) is 9.28. The van der Waals surface area contributed by atoms with Crippen LogP contribution in [-0.4, -0.2) is 0 Å². The molecule has 2 N–H and O–H groups in total. The monoisotopic (exact) mass is 348 g/mol. The van der Waals surface area contributed by atoms with Gasteiger partial charge in [0.1, 0.15) is 0 Å². The summed E-state index contributed by atoms with van der Waals surface area (Å²) in [6.45, 7) is 0. The third kappa shape index (κ3) is 2.96. The highest BCUT2D eigenvalue weighted by atomic mass is 14.9. The van der Waals surface area contributed by atoms with E-state index in [0.717, 1.165) is 29.2 Å². The Morgan fingerprint density at radius 1 is 0.630 bits per heavy atom. The second-order valence-corrected chi connectivity index (χ2v) is 6.81. The molecule has 27 heavy (non-hydrogen) atoms. The molecule has 5 rings (SSSR count). The number of allylic oxidation sites excluding steroid dienone is 1. The fourth-order valence-electron chi connectivity index (χ4n) is 3.80. The van der Waals surface area contributed by atoms with Crippen LogP contribution in [0.25, 0.3) is 16.8 Å². The van der Waals surface area contributed by atoms with Crippen molar-refractivity contribution < 1.29 is 0 Å². The molecule has 0 unspecified atom stereocenters. The van der Waals surface area contributed by atoms with Crippen LogP contribution < -0.4 is 10.6 Å². The van der Waals surface area contributed by atoms with Crippen LogP contribution in [0.5, 0.6) is 0 Å². The summed E-state index contributed by atoms with van der Waals surface area (Å²) >= 11 is 0. The highest BCUT2D eigenvalue weighted by Crippen LogP contribution is 2.40. The van der Waals surface area contributed by atoms with E-state index in [0.29, 0.717) is 0 Å². The van der Waals surface area contributed by atoms with Gasteiger partial charge < -0.3 is 10.6 Å². The molecule has 2 heteroatoms. The smallest absolute Gasteiger partial charge is 0.0485 e. The Morgan fingerprint density at radius 3 is 2.00 bits per heavy atom. The molecule has 0 saturated carbocycles. The zero-order valence-electron chi connectivity index (χ0n) is 14.9. The average molecular weight is 348 g/mol. The molecule has 0 heterocycles. The molecule has 0 spiro atoms. The van der Waals surface area contributed by atoms with Crippen LogP contribution in [-0.2, 0) is 6.42 Å². The average Bonchev–Trinajstić information content (AvgIpc) is 2.73. The minimum Gasteiger partial charge on any atom is -0.355 e. The number of hydrogen-bond donors (Lipinski definition) is 2. The molecule has 0 saturated heterocycles. The van der Waals surface area contributed by atoms with Crippen molar-refractivity contribution in [2.24, 2.45) is 0 Å². The Labute approximate surface area is 159 Å². The number of anilines is 4. The van der Waals surface area contributed by atoms with E-state index in [4.69, 9.17) is 0 Å². The van der Waals surface area contributed by atoms with Gasteiger partial charge in [-0.3, -0.25) is 0 Å². The SMILES string of the molecule is C1=Cc2cccc3c(Nc4ccccc4)cc(Nc4ccccc4)c(c23)C1. The van der Waals surface area contributed by atoms with Crippen molar-refractivity contribution in [1.82, 2.24) is 0 Å². The van der Waals surface area contributed by atoms with Gasteiger partial charge in [-0.15, -0.1) is 0 Å². The first-order chi connectivity index (χ1) is 13.4. The fourth-order valence-corrected chi connectivity index (χ4v) is 3.80. The number of nitrogens with one attached hydrogen (secondary N) is 2. The summed E-state index contributed by atoms with van der Waals surface area (Å²) in [5, 5.41) is 9.83. The van der Waals surface area contributed by atoms with E-state index in [1.165, 1.54) is 21.9 Å². The molecule has 1 aliphatic carbocycles. The molecule has 2 nitrogen and oxygen atoms in total. The Morgan fingerprint density at radius 2 is 1.30 bits per heavy atom. The van der Waals surface area contributed by atoms with E-state index in [-0.39, 0.29) is 0 Å². The van der Waals surface area contributed by atoms with Crippen molar-refractivity contribution in [2.45, 2.75) is 6.42 Å². The third-order valence-corrected chi connectivity index (χ3v) is 5.03. The van der Waals surface area contributed by atoms with Crippen LogP contribution in [0.4, 0.5) is 22.7 Å². The first kappa shape index (κ1) is 15.7. The van der Waals surface area contributed by atoms with Crippen molar-refractivity contribution in [2.75, 3.05) is 10.6 Å². The summed E-state index contributed by atoms with van der Waals surface area (Å²) in [6, 6.07) is 29.5. The third-order valence-electron chi connectivity index (χ3n) is 5.03. The number of para-hydroxylation sites is 2. The lowest BCUT2D eigenvalue weighted by Crippen LogP contribution is -2.03. The molecule has 0 radical (unpaired) electrons. The van der Waals surface area contributed by atoms with Gasteiger partial charge >= 0.3 is 0 Å². The largest absolute Gasteiger partial charge is 0.355 e. The minimum atomic E-state index is 0.939. The molecule has 4 aromatic rings. The lowest BCUT2D eigenvalue weighted by Gasteiger charge is -2.21. The molecule has 0 fully saturated rings. The predicted octanol–water partition coefficient (Wildman–Crippen LogP) is 6.90. The molecule has 0 aromatic heterocycles. The topological polar surface area (TPSA) is 24.1 Å². The van der Waals surface area contributed by atoms with Gasteiger partial charge in [-0.25, -0.2) is 0 Å². The van der Waals surface area contributed by atoms with Gasteiger partial charge in [-0.2, -0.15) is 0 Å². The van der Waals surface area contributed by atoms with Gasteiger partial charge in [0.05, 0.1) is 0 Å². The predicted molar refractivity (Wildman–Crippen MR) is 116 cm³/mol. The van der Waals surface area contributed by atoms with Gasteiger partial charge in [-0.1, -0.05) is 66.7 Å². The summed E-state index contributed by atoms with van der Waals surface area (Å²) in [7, 11) is 0. The van der Waals surface area contributed by atoms with E-state index in [2.05, 4.69) is 95.6 Å². The number of benzene rings is 4. The Bertz CT molecular complexity index is 1130. The molecular formula is C25H20N2. The molecule has 0 bridgehead atoms. The summed E-state index contributed by atoms with van der Waals surface area (Å²) in [6.07, 6.45) is 5.42. The van der Waals surface area contributed by atoms with Crippen LogP contribution in [0.1, 0.15) is 11.1 Å². The maximum atomic E-state index is 3.63. The fraction of sp³-hybridized carbons (Fsp3) is 0.0400. The zero-order chi connectivity index (χ0) is 18.1. The lowest BCUT2D eigenvalue weighted by atomic mass is 9.90. The number of rotatable bonds is 4. The van der Waals surface area contributed by atoms with Crippen LogP contribution in [0, 0.1) is 0 Å². The molecule has 130 valence electrons. The van der Waals surface area contributed by atoms with Gasteiger partial charge in [0.15, 0.2) is 0 Å². The van der Waals surface area contributed by atoms with Crippen LogP contribution in [0.3, 0.4) is 0 Å². The minimum absolute atomic E-state index is 0.939. The van der Waals surface area contributed by atoms with Gasteiger partial charge in [0.25, 0.3) is 0 Å². The highest BCUT2D eigenvalue weighted by molar-refractivity contribution is 6.06. The maximum absolute atomic E-state index is 3.63. The van der Waals surface area contributed by atoms with E-state index in [9.17, 15) is 0 Å². The normalized spacial score (nSPS) is 12.1. The molecule has 1 aliphatic rings. The Hall–Kier alpha value is -3.52. The maximum Gasteiger partial charge on any atom is 0.0485 e. The summed E-state index contributed by atoms with van der Waals surface area (Å²) in [5.41, 5.74) is 7.10. The lowest BCUT2D eigenvalue weighted by molar-refractivity contribution is 1.28. The molecular weight excluding hydrogens is 328 g/mol. The van der Waals surface area contributed by atoms with Gasteiger partial charge in [0, 0.05) is 28.1 Å². The Balaban J connectivity index is 1.69. The van der Waals surface area contributed by atoms with E-state index in [1.54, 1.807) is 0 Å². The molecule has 0 amide bonds. The second-order valence-electron chi connectivity index (χ2n) is 6.81. The van der Waals surface area contributed by atoms with Crippen LogP contribution in [0.15, 0.2) is 91.0 Å². The van der Waals surface area contributed by atoms with E-state index in [1.807, 2.05) is 12.1 Å². The van der Waals surface area contributed by atoms with Crippen molar-refractivity contribution in [3.8, 4) is 0 Å². The first-order valence-corrected chi connectivity index (χ1v) is 9.28. The van der Waals surface area contributed by atoms with E-state index >= 15 is 0 Å². The zero-order valence-corrected chi connectivity index (χ0v) is 14.9. The van der Waals surface area contributed by atoms with Gasteiger partial charge in [0.2, 0.25) is 0 Å². The summed E-state index contributed by atoms with van der Waals surface area (Å²) in [4.78, 5) is 0. The van der Waals surface area contributed by atoms with Crippen molar-refractivity contribution in [1.29, 1.82) is 0 Å². The van der Waals surface area contributed by atoms with Gasteiger partial charge in [-0.05, 0) is 53.3 Å². The van der Waals surface area contributed by atoms with Crippen LogP contribution in [0.2, 0.25) is 0 Å². The number of hydrogen-bond acceptors (Lipinski definition) is 2. The molecule has 0 aliphatic heterocycles. The summed E-state index contributed by atoms with van der Waals surface area (Å²) in [5.74, 6) is 0. The Kier molecular flexibility index (Phi) is 3.87. The standard InChI is InChI=1S/C25H20N2/c1-3-11-19(12-4-1)26-23-17-24(27-20-13-5-2-6-14-20)22-16-8-10-18-9-7-15-21(23)25(18)22/h1-15,17,26-27H,16H2. The van der Waals surface area contributed by atoms with Crippen LogP contribution >= 0.6 is 0 Å². The molecule has 0 atom stereocenters. The summed E-state index contributed by atoms with van der Waals surface area (Å²) < 4.78 is 0. The quantitative estimate of drug-likeness (QED) is 0.419. The van der Waals surface area contributed by atoms with Crippen molar-refractivity contribution in [3.05, 3.63) is 102 Å². The van der Waals surface area contributed by atoms with E-state index < -0.39 is 0 Å². The molecule has 4 aromatic carbocycles. The van der Waals surface area contributed by atoms with Crippen molar-refractivity contribution in [3.63, 3.8) is 0 Å². The van der Waals surface area contributed by atoms with Crippen molar-refractivity contribution >= 4 is 39.6 Å². The second kappa shape index (κ2) is 6.65. The highest BCUT2D eigenvalue weighted by Gasteiger charge is 2.16.